The van der Waals surface area contributed by atoms with Crippen molar-refractivity contribution in [3.8, 4) is 0 Å². The number of benzene rings is 2. The number of carbonyl (C=O) groups excluding carboxylic acids is 2. The third-order valence-corrected chi connectivity index (χ3v) is 5.69. The molecule has 2 amide bonds. The van der Waals surface area contributed by atoms with Gasteiger partial charge in [-0.25, -0.2) is 0 Å². The van der Waals surface area contributed by atoms with Gasteiger partial charge in [0.05, 0.1) is 11.2 Å². The zero-order valence-corrected chi connectivity index (χ0v) is 19.5. The largest absolute Gasteiger partial charge is 0.459 e. The van der Waals surface area contributed by atoms with E-state index < -0.39 is 16.7 Å². The summed E-state index contributed by atoms with van der Waals surface area (Å²) < 4.78 is 5.07. The Kier molecular flexibility index (Phi) is 7.36. The maximum atomic E-state index is 12.7. The Bertz CT molecular complexity index is 1250. The van der Waals surface area contributed by atoms with E-state index in [0.717, 1.165) is 32.4 Å². The first-order chi connectivity index (χ1) is 16.9. The molecule has 1 saturated heterocycles. The van der Waals surface area contributed by atoms with Gasteiger partial charge in [-0.1, -0.05) is 6.07 Å². The molecule has 35 heavy (non-hydrogen) atoms. The molecule has 0 saturated carbocycles. The number of hydrogen-bond donors (Lipinski definition) is 3. The molecule has 0 atom stereocenters. The van der Waals surface area contributed by atoms with Crippen LogP contribution in [-0.2, 0) is 0 Å². The first kappa shape index (κ1) is 23.9. The minimum atomic E-state index is -0.571. The Labute approximate surface area is 206 Å². The average molecular weight is 494 g/mol. The monoisotopic (exact) mass is 493 g/mol. The van der Waals surface area contributed by atoms with Crippen LogP contribution in [0.5, 0.6) is 0 Å². The van der Waals surface area contributed by atoms with Crippen LogP contribution in [0.25, 0.3) is 0 Å². The number of thiocarbonyl (C=S) groups is 1. The first-order valence-electron chi connectivity index (χ1n) is 11.0. The summed E-state index contributed by atoms with van der Waals surface area (Å²) in [7, 11) is 0. The van der Waals surface area contributed by atoms with E-state index in [-0.39, 0.29) is 22.1 Å². The third kappa shape index (κ3) is 6.01. The van der Waals surface area contributed by atoms with E-state index in [2.05, 4.69) is 16.0 Å². The average Bonchev–Trinajstić information content (AvgIpc) is 3.39. The van der Waals surface area contributed by atoms with Crippen molar-refractivity contribution in [2.24, 2.45) is 0 Å². The highest BCUT2D eigenvalue weighted by Gasteiger charge is 2.23. The SMILES string of the molecule is O=C(NC(=S)Nc1cccc(NC(=O)c2ccco2)c1)c1ccc(N2CCCCC2)c([N+](=O)[O-])c1. The van der Waals surface area contributed by atoms with Crippen molar-refractivity contribution in [1.82, 2.24) is 5.32 Å². The molecule has 0 spiro atoms. The highest BCUT2D eigenvalue weighted by atomic mass is 32.1. The standard InChI is InChI=1S/C24H23N5O5S/c30-22(16-9-10-19(20(14-16)29(32)33)28-11-2-1-3-12-28)27-24(35)26-18-7-4-6-17(15-18)25-23(31)21-8-5-13-34-21/h4-10,13-15H,1-3,11-12H2,(H,25,31)(H2,26,27,30,35). The molecule has 1 fully saturated rings. The van der Waals surface area contributed by atoms with E-state index in [9.17, 15) is 19.7 Å². The maximum absolute atomic E-state index is 12.7. The molecule has 3 aromatic rings. The fourth-order valence-corrected chi connectivity index (χ4v) is 4.04. The number of nitro groups is 1. The van der Waals surface area contributed by atoms with E-state index in [0.29, 0.717) is 17.1 Å². The molecule has 0 unspecified atom stereocenters. The molecular weight excluding hydrogens is 470 g/mol. The lowest BCUT2D eigenvalue weighted by Crippen LogP contribution is -2.34. The summed E-state index contributed by atoms with van der Waals surface area (Å²) in [6.45, 7) is 1.50. The Hall–Kier alpha value is -4.25. The zero-order valence-electron chi connectivity index (χ0n) is 18.7. The minimum Gasteiger partial charge on any atom is -0.459 e. The number of hydrogen-bond acceptors (Lipinski definition) is 7. The van der Waals surface area contributed by atoms with Gasteiger partial charge in [0.15, 0.2) is 10.9 Å². The van der Waals surface area contributed by atoms with E-state index in [1.165, 1.54) is 12.3 Å². The van der Waals surface area contributed by atoms with Gasteiger partial charge in [0, 0.05) is 36.1 Å². The molecule has 180 valence electrons. The second kappa shape index (κ2) is 10.8. The number of furan rings is 1. The van der Waals surface area contributed by atoms with Crippen LogP contribution in [0.4, 0.5) is 22.7 Å². The van der Waals surface area contributed by atoms with Crippen molar-refractivity contribution in [2.45, 2.75) is 19.3 Å². The van der Waals surface area contributed by atoms with E-state index in [1.54, 1.807) is 48.5 Å². The van der Waals surface area contributed by atoms with Gasteiger partial charge in [-0.2, -0.15) is 0 Å². The Morgan fingerprint density at radius 3 is 2.37 bits per heavy atom. The van der Waals surface area contributed by atoms with Crippen LogP contribution >= 0.6 is 12.2 Å². The van der Waals surface area contributed by atoms with Crippen LogP contribution in [0.1, 0.15) is 40.2 Å². The number of rotatable bonds is 6. The van der Waals surface area contributed by atoms with Gasteiger partial charge in [-0.05, 0) is 73.9 Å². The number of piperidine rings is 1. The molecule has 3 N–H and O–H groups in total. The summed E-state index contributed by atoms with van der Waals surface area (Å²) in [5, 5.41) is 19.8. The summed E-state index contributed by atoms with van der Waals surface area (Å²) in [5.41, 5.74) is 1.55. The molecular formula is C24H23N5O5S. The summed E-state index contributed by atoms with van der Waals surface area (Å²) in [5.74, 6) is -0.803. The van der Waals surface area contributed by atoms with Gasteiger partial charge in [0.1, 0.15) is 5.69 Å². The van der Waals surface area contributed by atoms with Gasteiger partial charge in [-0.3, -0.25) is 25.0 Å². The molecule has 1 aliphatic rings. The van der Waals surface area contributed by atoms with Crippen LogP contribution in [-0.4, -0.2) is 34.9 Å². The highest BCUT2D eigenvalue weighted by Crippen LogP contribution is 2.31. The number of nitro benzene ring substituents is 1. The van der Waals surface area contributed by atoms with Crippen LogP contribution in [0.3, 0.4) is 0 Å². The number of nitrogens with zero attached hydrogens (tertiary/aromatic N) is 2. The predicted octanol–water partition coefficient (Wildman–Crippen LogP) is 4.56. The van der Waals surface area contributed by atoms with Crippen molar-refractivity contribution < 1.29 is 18.9 Å². The number of nitrogens with one attached hydrogen (secondary N) is 3. The Balaban J connectivity index is 1.40. The molecule has 2 heterocycles. The summed E-state index contributed by atoms with van der Waals surface area (Å²) >= 11 is 5.23. The summed E-state index contributed by atoms with van der Waals surface area (Å²) in [6.07, 6.45) is 4.47. The normalized spacial score (nSPS) is 13.1. The molecule has 0 radical (unpaired) electrons. The highest BCUT2D eigenvalue weighted by molar-refractivity contribution is 7.80. The number of amides is 2. The third-order valence-electron chi connectivity index (χ3n) is 5.48. The number of anilines is 3. The predicted molar refractivity (Wildman–Crippen MR) is 136 cm³/mol. The molecule has 0 aliphatic carbocycles. The summed E-state index contributed by atoms with van der Waals surface area (Å²) in [6, 6.07) is 14.3. The number of carbonyl (C=O) groups is 2. The van der Waals surface area contributed by atoms with Gasteiger partial charge in [-0.15, -0.1) is 0 Å². The molecule has 11 heteroatoms. The lowest BCUT2D eigenvalue weighted by atomic mass is 10.1. The quantitative estimate of drug-likeness (QED) is 0.259. The lowest BCUT2D eigenvalue weighted by molar-refractivity contribution is -0.384. The van der Waals surface area contributed by atoms with Crippen molar-refractivity contribution in [2.75, 3.05) is 28.6 Å². The lowest BCUT2D eigenvalue weighted by Gasteiger charge is -2.28. The molecule has 4 rings (SSSR count). The molecule has 2 aromatic carbocycles. The van der Waals surface area contributed by atoms with Gasteiger partial charge in [0.2, 0.25) is 0 Å². The van der Waals surface area contributed by atoms with Gasteiger partial charge in [0.25, 0.3) is 17.5 Å². The van der Waals surface area contributed by atoms with Crippen LogP contribution in [0.15, 0.2) is 65.3 Å². The van der Waals surface area contributed by atoms with Crippen molar-refractivity contribution >= 4 is 51.9 Å². The zero-order chi connectivity index (χ0) is 24.8. The fraction of sp³-hybridized carbons (Fsp3) is 0.208. The van der Waals surface area contributed by atoms with E-state index in [1.807, 2.05) is 4.90 Å². The summed E-state index contributed by atoms with van der Waals surface area (Å²) in [4.78, 5) is 38.0. The Morgan fingerprint density at radius 2 is 1.69 bits per heavy atom. The molecule has 1 aromatic heterocycles. The fourth-order valence-electron chi connectivity index (χ4n) is 3.83. The van der Waals surface area contributed by atoms with Crippen LogP contribution in [0, 0.1) is 10.1 Å². The second-order valence-corrected chi connectivity index (χ2v) is 8.34. The van der Waals surface area contributed by atoms with Crippen molar-refractivity contribution in [1.29, 1.82) is 0 Å². The molecule has 1 aliphatic heterocycles. The van der Waals surface area contributed by atoms with Gasteiger partial charge >= 0.3 is 0 Å². The first-order valence-corrected chi connectivity index (χ1v) is 11.4. The molecule has 0 bridgehead atoms. The smallest absolute Gasteiger partial charge is 0.293 e. The van der Waals surface area contributed by atoms with Crippen molar-refractivity contribution in [3.63, 3.8) is 0 Å². The van der Waals surface area contributed by atoms with Crippen LogP contribution in [0.2, 0.25) is 0 Å². The molecule has 10 nitrogen and oxygen atoms in total. The van der Waals surface area contributed by atoms with E-state index in [4.69, 9.17) is 16.6 Å². The van der Waals surface area contributed by atoms with Crippen LogP contribution < -0.4 is 20.9 Å². The topological polar surface area (TPSA) is 130 Å². The Morgan fingerprint density at radius 1 is 0.943 bits per heavy atom. The van der Waals surface area contributed by atoms with E-state index >= 15 is 0 Å². The second-order valence-electron chi connectivity index (χ2n) is 7.93. The maximum Gasteiger partial charge on any atom is 0.293 e. The van der Waals surface area contributed by atoms with Gasteiger partial charge < -0.3 is 20.0 Å². The minimum absolute atomic E-state index is 0.00673. The van der Waals surface area contributed by atoms with Crippen molar-refractivity contribution in [3.05, 3.63) is 82.3 Å².